The van der Waals surface area contributed by atoms with Crippen LogP contribution in [0, 0.1) is 0 Å². The number of hydrogen-bond donors (Lipinski definition) is 1. The van der Waals surface area contributed by atoms with Crippen molar-refractivity contribution in [2.75, 3.05) is 5.73 Å². The van der Waals surface area contributed by atoms with Gasteiger partial charge in [0.15, 0.2) is 0 Å². The summed E-state index contributed by atoms with van der Waals surface area (Å²) in [6.45, 7) is 9.05. The average Bonchev–Trinajstić information content (AvgIpc) is 2.71. The van der Waals surface area contributed by atoms with Gasteiger partial charge in [0.2, 0.25) is 0 Å². The SMILES string of the molecule is CCC(C)(CC)N1Cc2ccc(N)cc2C1. The third-order valence-corrected chi connectivity index (χ3v) is 4.24. The van der Waals surface area contributed by atoms with Gasteiger partial charge < -0.3 is 5.73 Å². The zero-order valence-corrected chi connectivity index (χ0v) is 10.6. The van der Waals surface area contributed by atoms with Gasteiger partial charge in [-0.3, -0.25) is 4.90 Å². The van der Waals surface area contributed by atoms with Crippen LogP contribution in [0.2, 0.25) is 0 Å². The molecule has 1 aliphatic heterocycles. The van der Waals surface area contributed by atoms with Crippen molar-refractivity contribution in [1.82, 2.24) is 4.90 Å². The van der Waals surface area contributed by atoms with Crippen molar-refractivity contribution >= 4 is 5.69 Å². The number of nitrogen functional groups attached to an aromatic ring is 1. The molecular formula is C14H22N2. The maximum absolute atomic E-state index is 5.83. The Morgan fingerprint density at radius 3 is 2.44 bits per heavy atom. The van der Waals surface area contributed by atoms with Crippen molar-refractivity contribution in [2.45, 2.75) is 52.2 Å². The standard InChI is InChI=1S/C14H22N2/c1-4-14(3,5-2)16-9-11-6-7-13(15)8-12(11)10-16/h6-8H,4-5,9-10,15H2,1-3H3. The number of rotatable bonds is 3. The summed E-state index contributed by atoms with van der Waals surface area (Å²) in [5.74, 6) is 0. The lowest BCUT2D eigenvalue weighted by Gasteiger charge is -2.37. The van der Waals surface area contributed by atoms with Gasteiger partial charge in [-0.15, -0.1) is 0 Å². The molecule has 0 bridgehead atoms. The molecule has 0 fully saturated rings. The van der Waals surface area contributed by atoms with E-state index in [1.54, 1.807) is 0 Å². The summed E-state index contributed by atoms with van der Waals surface area (Å²) in [5, 5.41) is 0. The van der Waals surface area contributed by atoms with E-state index in [9.17, 15) is 0 Å². The van der Waals surface area contributed by atoms with Crippen LogP contribution in [0.3, 0.4) is 0 Å². The zero-order valence-electron chi connectivity index (χ0n) is 10.6. The normalized spacial score (nSPS) is 16.4. The molecule has 88 valence electrons. The first-order valence-electron chi connectivity index (χ1n) is 6.21. The molecule has 1 aliphatic rings. The number of hydrogen-bond acceptors (Lipinski definition) is 2. The second kappa shape index (κ2) is 4.10. The van der Waals surface area contributed by atoms with Crippen molar-refractivity contribution < 1.29 is 0 Å². The fraction of sp³-hybridized carbons (Fsp3) is 0.571. The van der Waals surface area contributed by atoms with Gasteiger partial charge in [-0.1, -0.05) is 19.9 Å². The lowest BCUT2D eigenvalue weighted by molar-refractivity contribution is 0.0923. The molecule has 0 amide bonds. The molecule has 0 aliphatic carbocycles. The van der Waals surface area contributed by atoms with E-state index in [2.05, 4.69) is 37.8 Å². The van der Waals surface area contributed by atoms with Crippen LogP contribution in [0.25, 0.3) is 0 Å². The number of nitrogens with zero attached hydrogens (tertiary/aromatic N) is 1. The fourth-order valence-electron chi connectivity index (χ4n) is 2.49. The van der Waals surface area contributed by atoms with Gasteiger partial charge in [0.1, 0.15) is 0 Å². The summed E-state index contributed by atoms with van der Waals surface area (Å²) in [6.07, 6.45) is 2.40. The summed E-state index contributed by atoms with van der Waals surface area (Å²) < 4.78 is 0. The summed E-state index contributed by atoms with van der Waals surface area (Å²) >= 11 is 0. The lowest BCUT2D eigenvalue weighted by Crippen LogP contribution is -2.41. The highest BCUT2D eigenvalue weighted by Crippen LogP contribution is 2.33. The van der Waals surface area contributed by atoms with Crippen molar-refractivity contribution in [1.29, 1.82) is 0 Å². The van der Waals surface area contributed by atoms with Crippen LogP contribution in [-0.4, -0.2) is 10.4 Å². The third kappa shape index (κ3) is 1.82. The van der Waals surface area contributed by atoms with Crippen LogP contribution in [0.4, 0.5) is 5.69 Å². The summed E-state index contributed by atoms with van der Waals surface area (Å²) in [7, 11) is 0. The molecule has 0 aromatic heterocycles. The van der Waals surface area contributed by atoms with Crippen molar-refractivity contribution in [3.63, 3.8) is 0 Å². The van der Waals surface area contributed by atoms with Crippen LogP contribution in [0.5, 0.6) is 0 Å². The van der Waals surface area contributed by atoms with Crippen molar-refractivity contribution in [3.8, 4) is 0 Å². The van der Waals surface area contributed by atoms with E-state index in [0.717, 1.165) is 18.8 Å². The van der Waals surface area contributed by atoms with Crippen LogP contribution < -0.4 is 5.73 Å². The zero-order chi connectivity index (χ0) is 11.8. The Balaban J connectivity index is 2.22. The second-order valence-corrected chi connectivity index (χ2v) is 5.09. The lowest BCUT2D eigenvalue weighted by atomic mass is 9.93. The van der Waals surface area contributed by atoms with Gasteiger partial charge in [-0.25, -0.2) is 0 Å². The van der Waals surface area contributed by atoms with Gasteiger partial charge in [0.05, 0.1) is 0 Å². The minimum absolute atomic E-state index is 0.327. The fourth-order valence-corrected chi connectivity index (χ4v) is 2.49. The van der Waals surface area contributed by atoms with E-state index in [1.165, 1.54) is 24.0 Å². The summed E-state index contributed by atoms with van der Waals surface area (Å²) in [5.41, 5.74) is 9.90. The molecule has 0 saturated heterocycles. The topological polar surface area (TPSA) is 29.3 Å². The van der Waals surface area contributed by atoms with Crippen LogP contribution in [0.15, 0.2) is 18.2 Å². The monoisotopic (exact) mass is 218 g/mol. The molecular weight excluding hydrogens is 196 g/mol. The van der Waals surface area contributed by atoms with E-state index in [-0.39, 0.29) is 0 Å². The molecule has 2 rings (SSSR count). The average molecular weight is 218 g/mol. The van der Waals surface area contributed by atoms with Crippen LogP contribution in [0.1, 0.15) is 44.7 Å². The van der Waals surface area contributed by atoms with E-state index in [0.29, 0.717) is 5.54 Å². The van der Waals surface area contributed by atoms with Gasteiger partial charge >= 0.3 is 0 Å². The number of nitrogens with two attached hydrogens (primary N) is 1. The largest absolute Gasteiger partial charge is 0.399 e. The summed E-state index contributed by atoms with van der Waals surface area (Å²) in [6, 6.07) is 6.31. The van der Waals surface area contributed by atoms with Gasteiger partial charge in [0, 0.05) is 24.3 Å². The van der Waals surface area contributed by atoms with Crippen molar-refractivity contribution in [3.05, 3.63) is 29.3 Å². The Hall–Kier alpha value is -1.02. The molecule has 1 aromatic carbocycles. The minimum Gasteiger partial charge on any atom is -0.399 e. The van der Waals surface area contributed by atoms with E-state index in [1.807, 2.05) is 6.07 Å². The number of benzene rings is 1. The molecule has 0 saturated carbocycles. The molecule has 0 unspecified atom stereocenters. The highest BCUT2D eigenvalue weighted by atomic mass is 15.2. The third-order valence-electron chi connectivity index (χ3n) is 4.24. The first kappa shape index (κ1) is 11.5. The quantitative estimate of drug-likeness (QED) is 0.790. The Morgan fingerprint density at radius 1 is 1.19 bits per heavy atom. The van der Waals surface area contributed by atoms with Crippen molar-refractivity contribution in [2.24, 2.45) is 0 Å². The first-order chi connectivity index (χ1) is 7.59. The molecule has 16 heavy (non-hydrogen) atoms. The predicted octanol–water partition coefficient (Wildman–Crippen LogP) is 3.16. The van der Waals surface area contributed by atoms with Gasteiger partial charge in [-0.2, -0.15) is 0 Å². The maximum atomic E-state index is 5.83. The molecule has 2 heteroatoms. The first-order valence-corrected chi connectivity index (χ1v) is 6.21. The highest BCUT2D eigenvalue weighted by Gasteiger charge is 2.32. The Labute approximate surface area is 98.4 Å². The molecule has 2 nitrogen and oxygen atoms in total. The molecule has 1 heterocycles. The highest BCUT2D eigenvalue weighted by molar-refractivity contribution is 5.46. The Morgan fingerprint density at radius 2 is 1.81 bits per heavy atom. The van der Waals surface area contributed by atoms with Gasteiger partial charge in [0.25, 0.3) is 0 Å². The maximum Gasteiger partial charge on any atom is 0.0317 e. The van der Waals surface area contributed by atoms with Crippen LogP contribution in [-0.2, 0) is 13.1 Å². The van der Waals surface area contributed by atoms with Gasteiger partial charge in [-0.05, 0) is 43.0 Å². The minimum atomic E-state index is 0.327. The molecule has 0 radical (unpaired) electrons. The van der Waals surface area contributed by atoms with E-state index in [4.69, 9.17) is 5.73 Å². The molecule has 0 spiro atoms. The van der Waals surface area contributed by atoms with Crippen LogP contribution >= 0.6 is 0 Å². The molecule has 2 N–H and O–H groups in total. The van der Waals surface area contributed by atoms with E-state index >= 15 is 0 Å². The second-order valence-electron chi connectivity index (χ2n) is 5.09. The summed E-state index contributed by atoms with van der Waals surface area (Å²) in [4.78, 5) is 2.58. The van der Waals surface area contributed by atoms with E-state index < -0.39 is 0 Å². The molecule has 1 aromatic rings. The smallest absolute Gasteiger partial charge is 0.0317 e. The Bertz CT molecular complexity index is 380. The predicted molar refractivity (Wildman–Crippen MR) is 69.1 cm³/mol. The number of anilines is 1. The Kier molecular flexibility index (Phi) is 2.94. The number of fused-ring (bicyclic) bond motifs is 1. The molecule has 0 atom stereocenters.